The van der Waals surface area contributed by atoms with Crippen LogP contribution in [0, 0.1) is 5.92 Å². The molecule has 0 spiro atoms. The van der Waals surface area contributed by atoms with E-state index in [0.29, 0.717) is 5.92 Å². The number of nitrogens with one attached hydrogen (secondary N) is 1. The number of aryl methyl sites for hydroxylation is 1. The maximum Gasteiger partial charge on any atom is 0.193 e. The second-order valence-electron chi connectivity index (χ2n) is 7.90. The van der Waals surface area contributed by atoms with Crippen LogP contribution in [0.3, 0.4) is 0 Å². The van der Waals surface area contributed by atoms with Gasteiger partial charge in [-0.3, -0.25) is 9.89 Å². The molecule has 164 valence electrons. The summed E-state index contributed by atoms with van der Waals surface area (Å²) in [5.41, 5.74) is 2.39. The molecule has 2 heterocycles. The van der Waals surface area contributed by atoms with Gasteiger partial charge in [-0.05, 0) is 44.3 Å². The largest absolute Gasteiger partial charge is 0.496 e. The maximum atomic E-state index is 5.48. The van der Waals surface area contributed by atoms with Crippen LogP contribution >= 0.6 is 11.3 Å². The van der Waals surface area contributed by atoms with Crippen molar-refractivity contribution in [1.82, 2.24) is 20.1 Å². The Morgan fingerprint density at radius 3 is 2.77 bits per heavy atom. The van der Waals surface area contributed by atoms with Crippen molar-refractivity contribution in [1.29, 1.82) is 0 Å². The first-order chi connectivity index (χ1) is 14.6. The standard InChI is InChI=1S/C23H35N5OS/c1-5-22-26-20(17-30-22)16-28-12-10-18(11-13-28)14-25-23(24-2)27(3)15-19-8-6-7-9-21(19)29-4/h6-9,17-18H,5,10-16H2,1-4H3,(H,24,25). The van der Waals surface area contributed by atoms with E-state index in [1.54, 1.807) is 18.4 Å². The zero-order valence-electron chi connectivity index (χ0n) is 18.7. The van der Waals surface area contributed by atoms with Gasteiger partial charge in [0.05, 0.1) is 17.8 Å². The van der Waals surface area contributed by atoms with Crippen molar-refractivity contribution in [3.05, 3.63) is 45.9 Å². The molecule has 2 aromatic rings. The number of aliphatic imine (C=N–C) groups is 1. The quantitative estimate of drug-likeness (QED) is 0.513. The fourth-order valence-corrected chi connectivity index (χ4v) is 4.68. The molecule has 7 heteroatoms. The molecule has 0 bridgehead atoms. The van der Waals surface area contributed by atoms with Gasteiger partial charge in [0.1, 0.15) is 5.75 Å². The minimum Gasteiger partial charge on any atom is -0.496 e. The monoisotopic (exact) mass is 429 g/mol. The predicted octanol–water partition coefficient (Wildman–Crippen LogP) is 3.63. The second kappa shape index (κ2) is 11.3. The molecule has 0 amide bonds. The van der Waals surface area contributed by atoms with E-state index in [0.717, 1.165) is 56.4 Å². The molecule has 0 unspecified atom stereocenters. The Morgan fingerprint density at radius 2 is 2.10 bits per heavy atom. The third-order valence-electron chi connectivity index (χ3n) is 5.72. The van der Waals surface area contributed by atoms with Crippen LogP contribution in [0.25, 0.3) is 0 Å². The average Bonchev–Trinajstić information content (AvgIpc) is 3.23. The van der Waals surface area contributed by atoms with E-state index in [9.17, 15) is 0 Å². The van der Waals surface area contributed by atoms with Gasteiger partial charge in [-0.15, -0.1) is 11.3 Å². The van der Waals surface area contributed by atoms with Gasteiger partial charge in [0.2, 0.25) is 0 Å². The molecule has 0 saturated carbocycles. The van der Waals surface area contributed by atoms with Gasteiger partial charge in [-0.25, -0.2) is 4.98 Å². The molecule has 1 N–H and O–H groups in total. The SMILES string of the molecule is CCc1nc(CN2CCC(CNC(=NC)N(C)Cc3ccccc3OC)CC2)cs1. The van der Waals surface area contributed by atoms with Crippen molar-refractivity contribution >= 4 is 17.3 Å². The number of benzene rings is 1. The van der Waals surface area contributed by atoms with Crippen LogP contribution < -0.4 is 10.1 Å². The highest BCUT2D eigenvalue weighted by Crippen LogP contribution is 2.21. The van der Waals surface area contributed by atoms with Crippen molar-refractivity contribution in [2.24, 2.45) is 10.9 Å². The number of thiazole rings is 1. The number of piperidine rings is 1. The summed E-state index contributed by atoms with van der Waals surface area (Å²) in [5, 5.41) is 7.04. The Balaban J connectivity index is 1.43. The Bertz CT molecular complexity index is 813. The summed E-state index contributed by atoms with van der Waals surface area (Å²) in [4.78, 5) is 13.9. The highest BCUT2D eigenvalue weighted by atomic mass is 32.1. The first-order valence-electron chi connectivity index (χ1n) is 10.8. The van der Waals surface area contributed by atoms with E-state index < -0.39 is 0 Å². The molecule has 1 aromatic carbocycles. The molecule has 0 atom stereocenters. The topological polar surface area (TPSA) is 53.0 Å². The summed E-state index contributed by atoms with van der Waals surface area (Å²) in [6.07, 6.45) is 3.46. The van der Waals surface area contributed by atoms with Crippen LogP contribution in [-0.2, 0) is 19.5 Å². The lowest BCUT2D eigenvalue weighted by atomic mass is 9.97. The first-order valence-corrected chi connectivity index (χ1v) is 11.7. The number of nitrogens with zero attached hydrogens (tertiary/aromatic N) is 4. The van der Waals surface area contributed by atoms with Gasteiger partial charge in [0, 0.05) is 44.7 Å². The lowest BCUT2D eigenvalue weighted by Crippen LogP contribution is -2.43. The first kappa shape index (κ1) is 22.6. The fourth-order valence-electron chi connectivity index (χ4n) is 3.95. The molecule has 3 rings (SSSR count). The summed E-state index contributed by atoms with van der Waals surface area (Å²) in [6.45, 7) is 7.16. The number of hydrogen-bond donors (Lipinski definition) is 1. The zero-order chi connectivity index (χ0) is 21.3. The van der Waals surface area contributed by atoms with Crippen LogP contribution in [0.5, 0.6) is 5.75 Å². The number of likely N-dealkylation sites (tertiary alicyclic amines) is 1. The van der Waals surface area contributed by atoms with Crippen molar-refractivity contribution in [2.45, 2.75) is 39.3 Å². The van der Waals surface area contributed by atoms with Gasteiger partial charge in [0.25, 0.3) is 0 Å². The third kappa shape index (κ3) is 6.19. The van der Waals surface area contributed by atoms with E-state index in [4.69, 9.17) is 9.72 Å². The Hall–Kier alpha value is -2.12. The molecule has 1 saturated heterocycles. The Labute approximate surface area is 185 Å². The van der Waals surface area contributed by atoms with Crippen molar-refractivity contribution in [2.75, 3.05) is 40.8 Å². The van der Waals surface area contributed by atoms with Crippen molar-refractivity contribution in [3.8, 4) is 5.75 Å². The van der Waals surface area contributed by atoms with Gasteiger partial charge in [-0.2, -0.15) is 0 Å². The second-order valence-corrected chi connectivity index (χ2v) is 8.84. The predicted molar refractivity (Wildman–Crippen MR) is 125 cm³/mol. The van der Waals surface area contributed by atoms with Crippen LogP contribution in [0.1, 0.15) is 36.0 Å². The summed E-state index contributed by atoms with van der Waals surface area (Å²) < 4.78 is 5.48. The molecule has 1 fully saturated rings. The van der Waals surface area contributed by atoms with E-state index in [1.165, 1.54) is 23.5 Å². The van der Waals surface area contributed by atoms with E-state index in [2.05, 4.69) is 45.5 Å². The minimum atomic E-state index is 0.680. The molecule has 30 heavy (non-hydrogen) atoms. The number of hydrogen-bond acceptors (Lipinski definition) is 5. The van der Waals surface area contributed by atoms with E-state index in [1.807, 2.05) is 25.2 Å². The third-order valence-corrected chi connectivity index (χ3v) is 6.76. The van der Waals surface area contributed by atoms with Gasteiger partial charge in [0.15, 0.2) is 5.96 Å². The van der Waals surface area contributed by atoms with Gasteiger partial charge >= 0.3 is 0 Å². The highest BCUT2D eigenvalue weighted by Gasteiger charge is 2.21. The summed E-state index contributed by atoms with van der Waals surface area (Å²) in [6, 6.07) is 8.15. The molecular formula is C23H35N5OS. The summed E-state index contributed by atoms with van der Waals surface area (Å²) >= 11 is 1.78. The van der Waals surface area contributed by atoms with Crippen LogP contribution in [0.4, 0.5) is 0 Å². The van der Waals surface area contributed by atoms with Crippen LogP contribution in [-0.4, -0.2) is 61.6 Å². The van der Waals surface area contributed by atoms with Crippen molar-refractivity contribution < 1.29 is 4.74 Å². The fraction of sp³-hybridized carbons (Fsp3) is 0.565. The average molecular weight is 430 g/mol. The maximum absolute atomic E-state index is 5.48. The number of methoxy groups -OCH3 is 1. The molecule has 0 aliphatic carbocycles. The molecule has 0 radical (unpaired) electrons. The smallest absolute Gasteiger partial charge is 0.193 e. The van der Waals surface area contributed by atoms with Crippen LogP contribution in [0.15, 0.2) is 34.6 Å². The number of ether oxygens (including phenoxy) is 1. The Kier molecular flexibility index (Phi) is 8.51. The molecule has 1 aliphatic rings. The van der Waals surface area contributed by atoms with Crippen molar-refractivity contribution in [3.63, 3.8) is 0 Å². The zero-order valence-corrected chi connectivity index (χ0v) is 19.5. The molecule has 6 nitrogen and oxygen atoms in total. The van der Waals surface area contributed by atoms with Gasteiger partial charge in [-0.1, -0.05) is 25.1 Å². The lowest BCUT2D eigenvalue weighted by Gasteiger charge is -2.32. The molecular weight excluding hydrogens is 394 g/mol. The normalized spacial score (nSPS) is 15.9. The summed E-state index contributed by atoms with van der Waals surface area (Å²) in [7, 11) is 5.64. The Morgan fingerprint density at radius 1 is 1.33 bits per heavy atom. The molecule has 1 aliphatic heterocycles. The number of para-hydroxylation sites is 1. The summed E-state index contributed by atoms with van der Waals surface area (Å²) in [5.74, 6) is 2.52. The number of aromatic nitrogens is 1. The number of guanidine groups is 1. The minimum absolute atomic E-state index is 0.680. The lowest BCUT2D eigenvalue weighted by molar-refractivity contribution is 0.176. The van der Waals surface area contributed by atoms with E-state index in [-0.39, 0.29) is 0 Å². The van der Waals surface area contributed by atoms with E-state index >= 15 is 0 Å². The highest BCUT2D eigenvalue weighted by molar-refractivity contribution is 7.09. The molecule has 1 aromatic heterocycles. The van der Waals surface area contributed by atoms with Gasteiger partial charge < -0.3 is 15.0 Å². The number of rotatable bonds is 8. The van der Waals surface area contributed by atoms with Crippen LogP contribution in [0.2, 0.25) is 0 Å².